The van der Waals surface area contributed by atoms with Gasteiger partial charge in [-0.05, 0) is 68.4 Å². The minimum absolute atomic E-state index is 0.456. The van der Waals surface area contributed by atoms with Crippen LogP contribution in [0.5, 0.6) is 0 Å². The van der Waals surface area contributed by atoms with Gasteiger partial charge in [-0.25, -0.2) is 0 Å². The van der Waals surface area contributed by atoms with Crippen LogP contribution in [0.25, 0.3) is 53.2 Å². The third-order valence-electron chi connectivity index (χ3n) is 16.9. The van der Waals surface area contributed by atoms with Crippen molar-refractivity contribution in [2.45, 2.75) is 59.4 Å². The highest BCUT2D eigenvalue weighted by Gasteiger charge is 2.56. The average molecular weight is 949 g/mol. The maximum Gasteiger partial charge on any atom is 0.162 e. The van der Waals surface area contributed by atoms with Crippen LogP contribution in [-0.4, -0.2) is 44.8 Å². The third kappa shape index (κ3) is 4.93. The molecule has 8 nitrogen and oxygen atoms in total. The number of aliphatic hydroxyl groups excluding tert-OH is 4. The van der Waals surface area contributed by atoms with Gasteiger partial charge >= 0.3 is 0 Å². The zero-order valence-electron chi connectivity index (χ0n) is 37.4. The smallest absolute Gasteiger partial charge is 0.162 e. The number of benzene rings is 8. The molecule has 4 atom stereocenters. The Morgan fingerprint density at radius 3 is 1.09 bits per heavy atom. The molecule has 2 spiro atoms. The van der Waals surface area contributed by atoms with E-state index in [1.54, 1.807) is 22.7 Å². The summed E-state index contributed by atoms with van der Waals surface area (Å²) in [6.07, 6.45) is -3.25. The summed E-state index contributed by atoms with van der Waals surface area (Å²) >= 11 is 3.17. The SMILES string of the molecule is OC1C(c2cc3sc(C4C(O)C(c5ccc6cccc7c6c5NC5(N7)c6ccccc6-c6ccccc65)C4O)cc3s2)C(O)C1c1ccc2cccc3c2c1NC1(N3)c2ccccc2-c2ccccc21. The number of hydrogen-bond acceptors (Lipinski definition) is 10. The van der Waals surface area contributed by atoms with E-state index < -0.39 is 59.4 Å². The van der Waals surface area contributed by atoms with Crippen LogP contribution in [0.1, 0.15) is 66.8 Å². The first kappa shape index (κ1) is 39.8. The van der Waals surface area contributed by atoms with Gasteiger partial charge in [-0.1, -0.05) is 146 Å². The molecule has 4 heterocycles. The van der Waals surface area contributed by atoms with Gasteiger partial charge in [-0.2, -0.15) is 0 Å². The van der Waals surface area contributed by atoms with E-state index >= 15 is 0 Å². The van der Waals surface area contributed by atoms with Gasteiger partial charge in [-0.15, -0.1) is 22.7 Å². The molecule has 8 aromatic carbocycles. The van der Waals surface area contributed by atoms with Crippen molar-refractivity contribution >= 4 is 76.4 Å². The van der Waals surface area contributed by atoms with Crippen LogP contribution in [0, 0.1) is 0 Å². The molecule has 0 radical (unpaired) electrons. The lowest BCUT2D eigenvalue weighted by Crippen LogP contribution is -2.52. The standard InChI is InChI=1S/C60H44N4O4S2/c65-55-49(35-25-23-29-11-9-21-41-47(29)53(35)63-59(61-41)37-17-5-1-13-31(37)32-14-2-6-18-38(32)59)56(66)51(55)45-27-43-44(69-45)28-46(70-43)52-57(67)50(58(52)68)36-26-24-30-12-10-22-42-48(30)54(36)64-60(62-42)39-19-7-3-15-33(39)34-16-4-8-20-40(34)60/h1-28,49-52,55-58,61-68H. The van der Waals surface area contributed by atoms with Gasteiger partial charge in [0.15, 0.2) is 11.3 Å². The second-order valence-electron chi connectivity index (χ2n) is 20.1. The molecular weight excluding hydrogens is 905 g/mol. The first-order valence-corrected chi connectivity index (χ1v) is 25.8. The quantitative estimate of drug-likeness (QED) is 0.0876. The lowest BCUT2D eigenvalue weighted by atomic mass is 9.64. The largest absolute Gasteiger partial charge is 0.392 e. The summed E-state index contributed by atoms with van der Waals surface area (Å²) in [6.45, 7) is 0. The number of nitrogens with one attached hydrogen (secondary N) is 4. The average Bonchev–Trinajstić information content (AvgIpc) is 4.10. The Labute approximate surface area is 410 Å². The molecular formula is C60H44N4O4S2. The lowest BCUT2D eigenvalue weighted by molar-refractivity contribution is -0.0773. The van der Waals surface area contributed by atoms with Crippen molar-refractivity contribution in [2.75, 3.05) is 21.3 Å². The Morgan fingerprint density at radius 2 is 0.714 bits per heavy atom. The molecule has 2 aromatic heterocycles. The summed E-state index contributed by atoms with van der Waals surface area (Å²) < 4.78 is 2.05. The van der Waals surface area contributed by atoms with Gasteiger partial charge in [0, 0.05) is 87.2 Å². The second-order valence-corrected chi connectivity index (χ2v) is 22.4. The summed E-state index contributed by atoms with van der Waals surface area (Å²) in [5, 5.41) is 68.8. The Morgan fingerprint density at radius 1 is 0.357 bits per heavy atom. The molecule has 0 bridgehead atoms. The number of anilines is 4. The molecule has 0 saturated heterocycles. The van der Waals surface area contributed by atoms with Gasteiger partial charge in [0.25, 0.3) is 0 Å². The topological polar surface area (TPSA) is 129 Å². The summed E-state index contributed by atoms with van der Waals surface area (Å²) in [5.41, 5.74) is 13.5. The fourth-order valence-electron chi connectivity index (χ4n) is 13.7. The normalized spacial score (nSPS) is 25.3. The molecule has 70 heavy (non-hydrogen) atoms. The monoisotopic (exact) mass is 948 g/mol. The maximum atomic E-state index is 12.2. The number of thiophene rings is 2. The predicted molar refractivity (Wildman–Crippen MR) is 282 cm³/mol. The van der Waals surface area contributed by atoms with Crippen molar-refractivity contribution in [2.24, 2.45) is 0 Å². The Kier molecular flexibility index (Phi) is 7.87. The summed E-state index contributed by atoms with van der Waals surface area (Å²) in [7, 11) is 0. The van der Waals surface area contributed by atoms with Crippen LogP contribution in [0.4, 0.5) is 22.7 Å². The molecule has 4 aliphatic carbocycles. The van der Waals surface area contributed by atoms with Crippen molar-refractivity contribution in [3.8, 4) is 22.3 Å². The zero-order chi connectivity index (χ0) is 46.4. The van der Waals surface area contributed by atoms with Crippen molar-refractivity contribution in [3.05, 3.63) is 213 Å². The van der Waals surface area contributed by atoms with E-state index in [1.807, 2.05) is 0 Å². The molecule has 0 amide bonds. The van der Waals surface area contributed by atoms with E-state index in [0.29, 0.717) is 0 Å². The lowest BCUT2D eigenvalue weighted by Gasteiger charge is -2.49. The van der Waals surface area contributed by atoms with E-state index in [-0.39, 0.29) is 0 Å². The molecule has 2 aliphatic heterocycles. The van der Waals surface area contributed by atoms with Crippen LogP contribution < -0.4 is 21.3 Å². The fourth-order valence-corrected chi connectivity index (χ4v) is 16.5. The summed E-state index contributed by atoms with van der Waals surface area (Å²) in [5.74, 6) is -1.92. The van der Waals surface area contributed by atoms with E-state index in [9.17, 15) is 20.4 Å². The fraction of sp³-hybridized carbons (Fsp3) is 0.167. The molecule has 8 N–H and O–H groups in total. The summed E-state index contributed by atoms with van der Waals surface area (Å²) in [4.78, 5) is 1.87. The highest BCUT2D eigenvalue weighted by molar-refractivity contribution is 7.27. The Bertz CT molecular complexity index is 3530. The van der Waals surface area contributed by atoms with Gasteiger partial charge < -0.3 is 41.7 Å². The Balaban J connectivity index is 0.700. The van der Waals surface area contributed by atoms with Gasteiger partial charge in [0.1, 0.15) is 0 Å². The van der Waals surface area contributed by atoms with Crippen molar-refractivity contribution in [1.29, 1.82) is 0 Å². The van der Waals surface area contributed by atoms with Gasteiger partial charge in [-0.3, -0.25) is 0 Å². The van der Waals surface area contributed by atoms with Crippen molar-refractivity contribution in [1.82, 2.24) is 0 Å². The summed E-state index contributed by atoms with van der Waals surface area (Å²) in [6, 6.07) is 59.3. The zero-order valence-corrected chi connectivity index (χ0v) is 39.0. The van der Waals surface area contributed by atoms with E-state index in [1.165, 1.54) is 22.3 Å². The molecule has 10 heteroatoms. The first-order chi connectivity index (χ1) is 34.3. The molecule has 16 rings (SSSR count). The van der Waals surface area contributed by atoms with Gasteiger partial charge in [0.05, 0.1) is 35.8 Å². The van der Waals surface area contributed by atoms with E-state index in [0.717, 1.165) is 96.8 Å². The third-order valence-corrected chi connectivity index (χ3v) is 19.4. The maximum absolute atomic E-state index is 12.2. The molecule has 340 valence electrons. The minimum atomic E-state index is -0.812. The molecule has 2 saturated carbocycles. The van der Waals surface area contributed by atoms with Crippen LogP contribution in [-0.2, 0) is 11.3 Å². The molecule has 10 aromatic rings. The van der Waals surface area contributed by atoms with E-state index in [4.69, 9.17) is 0 Å². The highest BCUT2D eigenvalue weighted by atomic mass is 32.1. The number of rotatable bonds is 4. The highest BCUT2D eigenvalue weighted by Crippen LogP contribution is 2.61. The molecule has 2 fully saturated rings. The van der Waals surface area contributed by atoms with Crippen LogP contribution in [0.15, 0.2) is 170 Å². The minimum Gasteiger partial charge on any atom is -0.392 e. The second kappa shape index (κ2) is 13.9. The van der Waals surface area contributed by atoms with Crippen LogP contribution >= 0.6 is 22.7 Å². The van der Waals surface area contributed by atoms with Crippen molar-refractivity contribution < 1.29 is 20.4 Å². The van der Waals surface area contributed by atoms with Gasteiger partial charge in [0.2, 0.25) is 0 Å². The first-order valence-electron chi connectivity index (χ1n) is 24.2. The number of fused-ring (bicyclic) bond motifs is 11. The number of aliphatic hydroxyl groups is 4. The van der Waals surface area contributed by atoms with E-state index in [2.05, 4.69) is 191 Å². The molecule has 4 unspecified atom stereocenters. The van der Waals surface area contributed by atoms with Crippen LogP contribution in [0.3, 0.4) is 0 Å². The van der Waals surface area contributed by atoms with Crippen molar-refractivity contribution in [3.63, 3.8) is 0 Å². The molecule has 6 aliphatic rings. The van der Waals surface area contributed by atoms with Crippen LogP contribution in [0.2, 0.25) is 0 Å². The Hall–Kier alpha value is -7.02. The number of hydrogen-bond donors (Lipinski definition) is 8. The predicted octanol–water partition coefficient (Wildman–Crippen LogP) is 11.9.